The Kier molecular flexibility index (Phi) is 3.88. The van der Waals surface area contributed by atoms with Crippen LogP contribution in [0.15, 0.2) is 18.2 Å². The van der Waals surface area contributed by atoms with E-state index in [1.165, 1.54) is 5.56 Å². The lowest BCUT2D eigenvalue weighted by Crippen LogP contribution is -2.44. The highest BCUT2D eigenvalue weighted by Crippen LogP contribution is 2.29. The topological polar surface area (TPSA) is 36.3 Å². The summed E-state index contributed by atoms with van der Waals surface area (Å²) in [6.45, 7) is 6.17. The number of hydrogen-bond acceptors (Lipinski definition) is 3. The monoisotopic (exact) mass is 244 g/mol. The van der Waals surface area contributed by atoms with E-state index >= 15 is 0 Å². The molecule has 0 amide bonds. The number of ether oxygens (including phenoxy) is 1. The van der Waals surface area contributed by atoms with E-state index in [2.05, 4.69) is 30.9 Å². The predicted octanol–water partition coefficient (Wildman–Crippen LogP) is 2.73. The molecule has 0 N–H and O–H groups in total. The Morgan fingerprint density at radius 2 is 2.22 bits per heavy atom. The van der Waals surface area contributed by atoms with Gasteiger partial charge in [-0.05, 0) is 30.9 Å². The number of hydrogen-bond donors (Lipinski definition) is 0. The molecule has 0 spiro atoms. The van der Waals surface area contributed by atoms with Crippen LogP contribution in [0.4, 0.5) is 5.69 Å². The van der Waals surface area contributed by atoms with Gasteiger partial charge in [-0.2, -0.15) is 5.26 Å². The average Bonchev–Trinajstić information content (AvgIpc) is 2.39. The molecule has 1 aromatic rings. The first-order valence-corrected chi connectivity index (χ1v) is 6.44. The van der Waals surface area contributed by atoms with Crippen LogP contribution in [-0.2, 0) is 4.74 Å². The normalized spacial score (nSPS) is 23.8. The number of aryl methyl sites for hydroxylation is 1. The number of methoxy groups -OCH3 is 1. The third kappa shape index (κ3) is 2.34. The smallest absolute Gasteiger partial charge is 0.101 e. The Balaban J connectivity index is 2.30. The largest absolute Gasteiger partial charge is 0.379 e. The number of nitriles is 1. The van der Waals surface area contributed by atoms with Gasteiger partial charge < -0.3 is 9.64 Å². The van der Waals surface area contributed by atoms with Crippen LogP contribution in [0, 0.1) is 24.2 Å². The van der Waals surface area contributed by atoms with Crippen LogP contribution < -0.4 is 4.90 Å². The van der Waals surface area contributed by atoms with Crippen LogP contribution in [-0.4, -0.2) is 26.3 Å². The molecule has 1 saturated heterocycles. The summed E-state index contributed by atoms with van der Waals surface area (Å²) in [6.07, 6.45) is 1.36. The lowest BCUT2D eigenvalue weighted by molar-refractivity contribution is 0.0498. The van der Waals surface area contributed by atoms with Crippen LogP contribution in [0.2, 0.25) is 0 Å². The minimum Gasteiger partial charge on any atom is -0.379 e. The Morgan fingerprint density at radius 1 is 1.44 bits per heavy atom. The van der Waals surface area contributed by atoms with Gasteiger partial charge in [0.2, 0.25) is 0 Å². The molecule has 2 rings (SSSR count). The highest BCUT2D eigenvalue weighted by Gasteiger charge is 2.27. The van der Waals surface area contributed by atoms with Crippen molar-refractivity contribution in [2.24, 2.45) is 5.92 Å². The maximum Gasteiger partial charge on any atom is 0.101 e. The Hall–Kier alpha value is -1.53. The highest BCUT2D eigenvalue weighted by atomic mass is 16.5. The molecule has 0 bridgehead atoms. The Bertz CT molecular complexity index is 464. The van der Waals surface area contributed by atoms with Gasteiger partial charge in [0.15, 0.2) is 0 Å². The standard InChI is InChI=1S/C15H20N2O/c1-11-7-8-17(10-14(11)18-3)15-12(2)5-4-6-13(15)9-16/h4-6,11,14H,7-8,10H2,1-3H3. The molecule has 18 heavy (non-hydrogen) atoms. The molecule has 0 saturated carbocycles. The molecule has 1 aromatic carbocycles. The molecular formula is C15H20N2O. The quantitative estimate of drug-likeness (QED) is 0.802. The molecule has 3 nitrogen and oxygen atoms in total. The van der Waals surface area contributed by atoms with Gasteiger partial charge in [-0.1, -0.05) is 19.1 Å². The molecule has 1 aliphatic heterocycles. The Morgan fingerprint density at radius 3 is 2.89 bits per heavy atom. The van der Waals surface area contributed by atoms with E-state index in [4.69, 9.17) is 4.74 Å². The summed E-state index contributed by atoms with van der Waals surface area (Å²) in [7, 11) is 1.77. The molecule has 0 aromatic heterocycles. The minimum absolute atomic E-state index is 0.255. The second kappa shape index (κ2) is 5.41. The SMILES string of the molecule is COC1CN(c2c(C)cccc2C#N)CCC1C. The molecule has 2 unspecified atom stereocenters. The summed E-state index contributed by atoms with van der Waals surface area (Å²) >= 11 is 0. The lowest BCUT2D eigenvalue weighted by Gasteiger charge is -2.38. The minimum atomic E-state index is 0.255. The highest BCUT2D eigenvalue weighted by molar-refractivity contribution is 5.64. The molecule has 1 fully saturated rings. The summed E-state index contributed by atoms with van der Waals surface area (Å²) < 4.78 is 5.54. The van der Waals surface area contributed by atoms with E-state index in [-0.39, 0.29) is 6.10 Å². The van der Waals surface area contributed by atoms with Gasteiger partial charge in [0, 0.05) is 20.2 Å². The van der Waals surface area contributed by atoms with Gasteiger partial charge >= 0.3 is 0 Å². The van der Waals surface area contributed by atoms with E-state index < -0.39 is 0 Å². The van der Waals surface area contributed by atoms with Crippen molar-refractivity contribution < 1.29 is 4.74 Å². The second-order valence-electron chi connectivity index (χ2n) is 5.07. The first-order chi connectivity index (χ1) is 8.67. The van der Waals surface area contributed by atoms with Crippen molar-refractivity contribution in [1.82, 2.24) is 0 Å². The third-order valence-corrected chi connectivity index (χ3v) is 3.87. The van der Waals surface area contributed by atoms with Gasteiger partial charge in [-0.25, -0.2) is 0 Å². The van der Waals surface area contributed by atoms with E-state index in [1.54, 1.807) is 7.11 Å². The van der Waals surface area contributed by atoms with Crippen LogP contribution in [0.1, 0.15) is 24.5 Å². The fourth-order valence-corrected chi connectivity index (χ4v) is 2.71. The first-order valence-electron chi connectivity index (χ1n) is 6.44. The van der Waals surface area contributed by atoms with Crippen LogP contribution in [0.3, 0.4) is 0 Å². The molecule has 1 heterocycles. The zero-order chi connectivity index (χ0) is 13.1. The van der Waals surface area contributed by atoms with Crippen molar-refractivity contribution >= 4 is 5.69 Å². The number of anilines is 1. The predicted molar refractivity (Wildman–Crippen MR) is 72.7 cm³/mol. The zero-order valence-electron chi connectivity index (χ0n) is 11.3. The molecule has 2 atom stereocenters. The first kappa shape index (κ1) is 12.9. The fraction of sp³-hybridized carbons (Fsp3) is 0.533. The van der Waals surface area contributed by atoms with Gasteiger partial charge in [-0.15, -0.1) is 0 Å². The maximum atomic E-state index is 9.24. The number of nitrogens with zero attached hydrogens (tertiary/aromatic N) is 2. The van der Waals surface area contributed by atoms with E-state index in [1.807, 2.05) is 12.1 Å². The van der Waals surface area contributed by atoms with Gasteiger partial charge in [0.1, 0.15) is 6.07 Å². The summed E-state index contributed by atoms with van der Waals surface area (Å²) in [4.78, 5) is 2.29. The van der Waals surface area contributed by atoms with Crippen LogP contribution in [0.5, 0.6) is 0 Å². The van der Waals surface area contributed by atoms with Crippen molar-refractivity contribution in [2.45, 2.75) is 26.4 Å². The molecule has 0 aliphatic carbocycles. The molecule has 0 radical (unpaired) electrons. The van der Waals surface area contributed by atoms with E-state index in [9.17, 15) is 5.26 Å². The van der Waals surface area contributed by atoms with Crippen LogP contribution in [0.25, 0.3) is 0 Å². The van der Waals surface area contributed by atoms with Crippen molar-refractivity contribution in [2.75, 3.05) is 25.1 Å². The fourth-order valence-electron chi connectivity index (χ4n) is 2.71. The van der Waals surface area contributed by atoms with Crippen molar-refractivity contribution in [3.63, 3.8) is 0 Å². The van der Waals surface area contributed by atoms with Crippen molar-refractivity contribution in [3.8, 4) is 6.07 Å². The molecular weight excluding hydrogens is 224 g/mol. The maximum absolute atomic E-state index is 9.24. The summed E-state index contributed by atoms with van der Waals surface area (Å²) in [6, 6.07) is 8.19. The molecule has 1 aliphatic rings. The van der Waals surface area contributed by atoms with Crippen molar-refractivity contribution in [1.29, 1.82) is 5.26 Å². The van der Waals surface area contributed by atoms with Gasteiger partial charge in [0.25, 0.3) is 0 Å². The number of rotatable bonds is 2. The van der Waals surface area contributed by atoms with Crippen molar-refractivity contribution in [3.05, 3.63) is 29.3 Å². The van der Waals surface area contributed by atoms with Crippen LogP contribution >= 0.6 is 0 Å². The number of piperidine rings is 1. The summed E-state index contributed by atoms with van der Waals surface area (Å²) in [5.41, 5.74) is 3.01. The van der Waals surface area contributed by atoms with E-state index in [0.29, 0.717) is 5.92 Å². The third-order valence-electron chi connectivity index (χ3n) is 3.87. The Labute approximate surface area is 109 Å². The number of para-hydroxylation sites is 1. The summed E-state index contributed by atoms with van der Waals surface area (Å²) in [5, 5.41) is 9.24. The second-order valence-corrected chi connectivity index (χ2v) is 5.07. The van der Waals surface area contributed by atoms with Gasteiger partial charge in [0.05, 0.1) is 17.4 Å². The lowest BCUT2D eigenvalue weighted by atomic mass is 9.94. The average molecular weight is 244 g/mol. The van der Waals surface area contributed by atoms with E-state index in [0.717, 1.165) is 30.8 Å². The number of benzene rings is 1. The van der Waals surface area contributed by atoms with Gasteiger partial charge in [-0.3, -0.25) is 0 Å². The molecule has 3 heteroatoms. The molecule has 96 valence electrons. The summed E-state index contributed by atoms with van der Waals surface area (Å²) in [5.74, 6) is 0.584. The zero-order valence-corrected chi connectivity index (χ0v) is 11.3.